The monoisotopic (exact) mass is 1090 g/mol. The highest BCUT2D eigenvalue weighted by atomic mass is 16.8. The molecule has 76 heavy (non-hydrogen) atoms. The summed E-state index contributed by atoms with van der Waals surface area (Å²) < 4.78 is 48.1. The van der Waals surface area contributed by atoms with E-state index in [2.05, 4.69) is 54.5 Å². The minimum Gasteiger partial charge on any atom is -0.479 e. The average molecular weight is 1090 g/mol. The van der Waals surface area contributed by atoms with Gasteiger partial charge in [-0.25, -0.2) is 4.79 Å². The quantitative estimate of drug-likeness (QED) is 0.0649. The summed E-state index contributed by atoms with van der Waals surface area (Å²) in [5.41, 5.74) is -1.45. The molecule has 0 amide bonds. The molecule has 9 rings (SSSR count). The third-order valence-corrected chi connectivity index (χ3v) is 21.0. The molecule has 23 nitrogen and oxygen atoms in total. The predicted molar refractivity (Wildman–Crippen MR) is 257 cm³/mol. The van der Waals surface area contributed by atoms with Gasteiger partial charge in [-0.1, -0.05) is 60.1 Å². The highest BCUT2D eigenvalue weighted by Gasteiger charge is 2.70. The second-order valence-corrected chi connectivity index (χ2v) is 25.9. The van der Waals surface area contributed by atoms with Gasteiger partial charge in [0.2, 0.25) is 6.29 Å². The highest BCUT2D eigenvalue weighted by molar-refractivity contribution is 5.79. The zero-order chi connectivity index (χ0) is 55.6. The lowest BCUT2D eigenvalue weighted by molar-refractivity contribution is -0.392. The van der Waals surface area contributed by atoms with Crippen LogP contribution in [0.2, 0.25) is 0 Å². The Labute approximate surface area is 442 Å². The van der Waals surface area contributed by atoms with Crippen molar-refractivity contribution in [2.24, 2.45) is 50.2 Å². The van der Waals surface area contributed by atoms with Crippen molar-refractivity contribution in [2.75, 3.05) is 19.8 Å². The number of carboxylic acids is 1. The Balaban J connectivity index is 0.999. The summed E-state index contributed by atoms with van der Waals surface area (Å²) in [6, 6.07) is 0. The molecule has 0 spiro atoms. The third kappa shape index (κ3) is 9.42. The summed E-state index contributed by atoms with van der Waals surface area (Å²) >= 11 is 0. The third-order valence-electron chi connectivity index (χ3n) is 21.0. The first-order chi connectivity index (χ1) is 35.5. The van der Waals surface area contributed by atoms with Crippen molar-refractivity contribution >= 4 is 11.9 Å². The maximum absolute atomic E-state index is 14.8. The fraction of sp³-hybridized carbons (Fsp3) is 0.925. The SMILES string of the molecule is CC1(C)CC[C@]2(C(=O)O[C@@H]3O[C@H](CO)[C@@H](O)[C@H](O)[C@H]3O)CC[C@]3(C)C(=CC[C@@H]4[C@@]5(C)CCC(O[C@@H]6O[C@H](C(=O)O)[C@@H](O)[C@H](O[C@@H]7OC[C@H](O)[C@H](O)[C@H]7O)[C@H]6O[C@@H]6O[C@H](CO)[C@@H](O)[C@H](O)[C@H]6O)C(C)(C)[C@@H]5CC[C@]43C)[C@@H]2C1. The molecule has 5 aliphatic carbocycles. The Hall–Kier alpha value is -2.08. The van der Waals surface area contributed by atoms with Gasteiger partial charge >= 0.3 is 11.9 Å². The number of hydrogen-bond donors (Lipinski definition) is 13. The molecule has 0 aromatic rings. The van der Waals surface area contributed by atoms with Crippen molar-refractivity contribution in [2.45, 2.75) is 235 Å². The molecule has 4 heterocycles. The molecule has 0 bridgehead atoms. The molecule has 27 atom stereocenters. The van der Waals surface area contributed by atoms with Gasteiger partial charge in [-0.3, -0.25) is 4.79 Å². The van der Waals surface area contributed by atoms with E-state index in [1.807, 2.05) is 0 Å². The normalized spacial score (nSPS) is 52.9. The van der Waals surface area contributed by atoms with Gasteiger partial charge < -0.3 is 104 Å². The Morgan fingerprint density at radius 3 is 1.83 bits per heavy atom. The summed E-state index contributed by atoms with van der Waals surface area (Å²) in [4.78, 5) is 27.6. The molecule has 0 aromatic carbocycles. The number of carbonyl (C=O) groups excluding carboxylic acids is 1. The van der Waals surface area contributed by atoms with Gasteiger partial charge in [0.1, 0.15) is 85.5 Å². The number of carboxylic acid groups (broad SMARTS) is 1. The molecule has 0 radical (unpaired) electrons. The fourth-order valence-electron chi connectivity index (χ4n) is 16.2. The number of carbonyl (C=O) groups is 2. The van der Waals surface area contributed by atoms with Crippen molar-refractivity contribution in [3.05, 3.63) is 11.6 Å². The number of rotatable bonds is 11. The van der Waals surface area contributed by atoms with Crippen LogP contribution in [0.1, 0.15) is 113 Å². The van der Waals surface area contributed by atoms with Crippen LogP contribution in [0.3, 0.4) is 0 Å². The van der Waals surface area contributed by atoms with Crippen LogP contribution in [0.25, 0.3) is 0 Å². The molecule has 13 N–H and O–H groups in total. The second-order valence-electron chi connectivity index (χ2n) is 25.9. The molecular weight excluding hydrogens is 1000 g/mol. The van der Waals surface area contributed by atoms with Gasteiger partial charge in [0.05, 0.1) is 31.3 Å². The lowest BCUT2D eigenvalue weighted by Crippen LogP contribution is -2.68. The van der Waals surface area contributed by atoms with Crippen LogP contribution in [0.5, 0.6) is 0 Å². The second kappa shape index (κ2) is 21.0. The van der Waals surface area contributed by atoms with Crippen LogP contribution >= 0.6 is 0 Å². The smallest absolute Gasteiger partial charge is 0.335 e. The number of aliphatic carboxylic acids is 1. The molecule has 9 aliphatic rings. The molecule has 1 unspecified atom stereocenters. The first kappa shape index (κ1) is 58.6. The zero-order valence-electron chi connectivity index (χ0n) is 44.4. The average Bonchev–Trinajstić information content (AvgIpc) is 3.54. The van der Waals surface area contributed by atoms with Gasteiger partial charge in [0.15, 0.2) is 25.0 Å². The molecular formula is C53H84O23. The molecule has 4 saturated heterocycles. The van der Waals surface area contributed by atoms with Gasteiger partial charge in [0.25, 0.3) is 0 Å². The number of ether oxygens (including phenoxy) is 8. The summed E-state index contributed by atoms with van der Waals surface area (Å²) in [5, 5.41) is 138. The number of fused-ring (bicyclic) bond motifs is 7. The van der Waals surface area contributed by atoms with Gasteiger partial charge in [-0.15, -0.1) is 0 Å². The summed E-state index contributed by atoms with van der Waals surface area (Å²) in [6.45, 7) is 13.7. The van der Waals surface area contributed by atoms with Crippen molar-refractivity contribution in [1.82, 2.24) is 0 Å². The lowest BCUT2D eigenvalue weighted by Gasteiger charge is -2.71. The van der Waals surface area contributed by atoms with E-state index in [4.69, 9.17) is 37.9 Å². The van der Waals surface area contributed by atoms with E-state index in [-0.39, 0.29) is 39.4 Å². The molecule has 23 heteroatoms. The highest BCUT2D eigenvalue weighted by Crippen LogP contribution is 2.76. The summed E-state index contributed by atoms with van der Waals surface area (Å²) in [7, 11) is 0. The zero-order valence-corrected chi connectivity index (χ0v) is 44.4. The Bertz CT molecular complexity index is 2140. The van der Waals surface area contributed by atoms with Crippen LogP contribution < -0.4 is 0 Å². The Kier molecular flexibility index (Phi) is 16.2. The van der Waals surface area contributed by atoms with Crippen molar-refractivity contribution in [3.8, 4) is 0 Å². The van der Waals surface area contributed by atoms with Gasteiger partial charge in [-0.2, -0.15) is 0 Å². The van der Waals surface area contributed by atoms with E-state index < -0.39 is 165 Å². The maximum atomic E-state index is 14.8. The van der Waals surface area contributed by atoms with Gasteiger partial charge in [-0.05, 0) is 109 Å². The van der Waals surface area contributed by atoms with Gasteiger partial charge in [0, 0.05) is 0 Å². The predicted octanol–water partition coefficient (Wildman–Crippen LogP) is -1.30. The van der Waals surface area contributed by atoms with Crippen molar-refractivity contribution in [3.63, 3.8) is 0 Å². The van der Waals surface area contributed by atoms with Crippen LogP contribution in [-0.4, -0.2) is 221 Å². The maximum Gasteiger partial charge on any atom is 0.335 e. The van der Waals surface area contributed by atoms with Crippen LogP contribution in [-0.2, 0) is 47.5 Å². The van der Waals surface area contributed by atoms with E-state index in [9.17, 15) is 76.0 Å². The molecule has 4 aliphatic heterocycles. The standard InChI is InChI=1S/C53H84O23/c1-48(2)14-16-53(47(68)76-45-37(64)34(61)32(59)26(20-55)71-45)17-15-51(6)22(23(53)18-48)8-9-28-50(5)12-11-29(49(3,4)27(50)10-13-52(28,51)7)72-46-41(75-44-36(63)33(60)31(58)25(19-54)70-44)39(38(65)40(74-46)42(66)67)73-43-35(62)30(57)24(56)21-69-43/h8,23-41,43-46,54-65H,9-21H2,1-7H3,(H,66,67)/t23-,24-,25+,26+,27-,28+,29?,30-,31+,32+,33-,34-,35+,36+,37+,38-,39-,40-,41+,43-,44-,45-,46+,50-,51+,52+,53-/m0/s1. The molecule has 8 fully saturated rings. The van der Waals surface area contributed by atoms with Crippen LogP contribution in [0.4, 0.5) is 0 Å². The minimum atomic E-state index is -2.09. The Morgan fingerprint density at radius 2 is 1.20 bits per heavy atom. The lowest BCUT2D eigenvalue weighted by atomic mass is 9.33. The Morgan fingerprint density at radius 1 is 0.605 bits per heavy atom. The number of aliphatic hydroxyl groups is 12. The van der Waals surface area contributed by atoms with E-state index in [0.717, 1.165) is 19.3 Å². The largest absolute Gasteiger partial charge is 0.479 e. The van der Waals surface area contributed by atoms with Crippen molar-refractivity contribution < 1.29 is 114 Å². The van der Waals surface area contributed by atoms with Crippen molar-refractivity contribution in [1.29, 1.82) is 0 Å². The van der Waals surface area contributed by atoms with E-state index >= 15 is 0 Å². The molecule has 434 valence electrons. The molecule has 0 aromatic heterocycles. The van der Waals surface area contributed by atoms with E-state index in [1.54, 1.807) is 0 Å². The minimum absolute atomic E-state index is 0.000185. The van der Waals surface area contributed by atoms with E-state index in [0.29, 0.717) is 44.9 Å². The van der Waals surface area contributed by atoms with Crippen LogP contribution in [0.15, 0.2) is 11.6 Å². The number of aliphatic hydroxyl groups excluding tert-OH is 12. The van der Waals surface area contributed by atoms with E-state index in [1.165, 1.54) is 5.57 Å². The topological polar surface area (TPSA) is 371 Å². The summed E-state index contributed by atoms with van der Waals surface area (Å²) in [6.07, 6.45) is -25.0. The number of allylic oxidation sites excluding steroid dienone is 2. The summed E-state index contributed by atoms with van der Waals surface area (Å²) in [5.74, 6) is -2.22. The fourth-order valence-corrected chi connectivity index (χ4v) is 16.2. The molecule has 4 saturated carbocycles. The first-order valence-corrected chi connectivity index (χ1v) is 27.2. The number of hydrogen-bond acceptors (Lipinski definition) is 22. The first-order valence-electron chi connectivity index (χ1n) is 27.2. The number of esters is 1. The van der Waals surface area contributed by atoms with Crippen LogP contribution in [0, 0.1) is 50.2 Å².